The van der Waals surface area contributed by atoms with E-state index in [1.807, 2.05) is 31.3 Å². The van der Waals surface area contributed by atoms with Gasteiger partial charge in [-0.2, -0.15) is 0 Å². The van der Waals surface area contributed by atoms with Gasteiger partial charge < -0.3 is 15.0 Å². The lowest BCUT2D eigenvalue weighted by molar-refractivity contribution is 0.0600. The van der Waals surface area contributed by atoms with Crippen molar-refractivity contribution >= 4 is 23.3 Å². The molecule has 6 nitrogen and oxygen atoms in total. The van der Waals surface area contributed by atoms with Crippen LogP contribution in [-0.2, 0) is 11.3 Å². The third kappa shape index (κ3) is 4.73. The van der Waals surface area contributed by atoms with Crippen molar-refractivity contribution in [2.75, 3.05) is 24.4 Å². The molecule has 28 heavy (non-hydrogen) atoms. The van der Waals surface area contributed by atoms with Gasteiger partial charge in [-0.3, -0.25) is 9.78 Å². The van der Waals surface area contributed by atoms with Crippen LogP contribution >= 0.6 is 0 Å². The molecule has 6 heteroatoms. The number of anilines is 2. The summed E-state index contributed by atoms with van der Waals surface area (Å²) in [5.74, 6) is -0.741. The van der Waals surface area contributed by atoms with Gasteiger partial charge in [0.1, 0.15) is 5.69 Å². The first-order chi connectivity index (χ1) is 13.6. The van der Waals surface area contributed by atoms with Gasteiger partial charge in [0.2, 0.25) is 0 Å². The molecule has 0 aliphatic rings. The van der Waals surface area contributed by atoms with Crippen LogP contribution in [0.5, 0.6) is 0 Å². The minimum Gasteiger partial charge on any atom is -0.465 e. The molecule has 1 aromatic heterocycles. The first-order valence-electron chi connectivity index (χ1n) is 8.77. The van der Waals surface area contributed by atoms with Crippen LogP contribution in [0.1, 0.15) is 26.4 Å². The average molecular weight is 375 g/mol. The lowest BCUT2D eigenvalue weighted by atomic mass is 10.2. The van der Waals surface area contributed by atoms with Crippen LogP contribution in [0.4, 0.5) is 11.4 Å². The zero-order valence-corrected chi connectivity index (χ0v) is 15.8. The monoisotopic (exact) mass is 375 g/mol. The zero-order valence-electron chi connectivity index (χ0n) is 15.8. The van der Waals surface area contributed by atoms with Gasteiger partial charge in [-0.25, -0.2) is 4.79 Å². The van der Waals surface area contributed by atoms with E-state index in [-0.39, 0.29) is 5.91 Å². The number of amides is 1. The Hall–Kier alpha value is -3.67. The highest BCUT2D eigenvalue weighted by molar-refractivity contribution is 6.03. The summed E-state index contributed by atoms with van der Waals surface area (Å²) in [5.41, 5.74) is 3.38. The van der Waals surface area contributed by atoms with Crippen LogP contribution < -0.4 is 10.2 Å². The fourth-order valence-corrected chi connectivity index (χ4v) is 2.73. The van der Waals surface area contributed by atoms with Crippen molar-refractivity contribution in [2.24, 2.45) is 0 Å². The topological polar surface area (TPSA) is 71.5 Å². The Morgan fingerprint density at radius 2 is 1.75 bits per heavy atom. The Balaban J connectivity index is 1.69. The Kier molecular flexibility index (Phi) is 6.01. The van der Waals surface area contributed by atoms with Gasteiger partial charge >= 0.3 is 5.97 Å². The van der Waals surface area contributed by atoms with Crippen molar-refractivity contribution in [3.05, 3.63) is 89.7 Å². The summed E-state index contributed by atoms with van der Waals surface area (Å²) in [6, 6.07) is 20.2. The maximum atomic E-state index is 12.5. The third-order valence-corrected chi connectivity index (χ3v) is 4.24. The van der Waals surface area contributed by atoms with Gasteiger partial charge in [-0.15, -0.1) is 0 Å². The molecule has 0 unspecified atom stereocenters. The van der Waals surface area contributed by atoms with Gasteiger partial charge in [0.15, 0.2) is 0 Å². The highest BCUT2D eigenvalue weighted by atomic mass is 16.5. The number of nitrogens with one attached hydrogen (secondary N) is 1. The molecule has 0 radical (unpaired) electrons. The van der Waals surface area contributed by atoms with Crippen molar-refractivity contribution in [3.8, 4) is 0 Å². The number of carbonyl (C=O) groups is 2. The maximum absolute atomic E-state index is 12.5. The van der Waals surface area contributed by atoms with E-state index < -0.39 is 5.97 Å². The Bertz CT molecular complexity index is 956. The number of rotatable bonds is 6. The van der Waals surface area contributed by atoms with Gasteiger partial charge in [-0.05, 0) is 42.0 Å². The second-order valence-electron chi connectivity index (χ2n) is 6.26. The minimum absolute atomic E-state index is 0.314. The molecule has 1 amide bonds. The van der Waals surface area contributed by atoms with Crippen LogP contribution in [0.2, 0.25) is 0 Å². The predicted octanol–water partition coefficient (Wildman–Crippen LogP) is 3.76. The largest absolute Gasteiger partial charge is 0.465 e. The second-order valence-corrected chi connectivity index (χ2v) is 6.26. The van der Waals surface area contributed by atoms with Crippen molar-refractivity contribution in [1.29, 1.82) is 0 Å². The lowest BCUT2D eigenvalue weighted by Gasteiger charge is -2.19. The number of aromatic nitrogens is 1. The molecule has 3 rings (SSSR count). The van der Waals surface area contributed by atoms with Crippen molar-refractivity contribution in [2.45, 2.75) is 6.54 Å². The molecule has 1 heterocycles. The first kappa shape index (κ1) is 19.1. The molecular formula is C22H21N3O3. The minimum atomic E-state index is -0.423. The highest BCUT2D eigenvalue weighted by Gasteiger charge is 2.11. The highest BCUT2D eigenvalue weighted by Crippen LogP contribution is 2.17. The van der Waals surface area contributed by atoms with Gasteiger partial charge in [0.25, 0.3) is 5.91 Å². The molecule has 0 bridgehead atoms. The lowest BCUT2D eigenvalue weighted by Crippen LogP contribution is -2.18. The Labute approximate surface area is 163 Å². The molecule has 1 N–H and O–H groups in total. The predicted molar refractivity (Wildman–Crippen MR) is 109 cm³/mol. The normalized spacial score (nSPS) is 10.2. The molecule has 2 aromatic carbocycles. The average Bonchev–Trinajstić information content (AvgIpc) is 2.74. The van der Waals surface area contributed by atoms with Crippen LogP contribution in [0.25, 0.3) is 0 Å². The number of nitrogens with zero attached hydrogens (tertiary/aromatic N) is 2. The quantitative estimate of drug-likeness (QED) is 0.664. The summed E-state index contributed by atoms with van der Waals surface area (Å²) in [5, 5.41) is 2.79. The molecule has 0 saturated heterocycles. The van der Waals surface area contributed by atoms with Gasteiger partial charge in [0, 0.05) is 31.2 Å². The van der Waals surface area contributed by atoms with E-state index in [9.17, 15) is 9.59 Å². The molecule has 0 spiro atoms. The zero-order chi connectivity index (χ0) is 19.9. The number of ether oxygens (including phenoxy) is 1. The number of carbonyl (C=O) groups excluding carboxylic acids is 2. The summed E-state index contributed by atoms with van der Waals surface area (Å²) in [4.78, 5) is 30.2. The van der Waals surface area contributed by atoms with E-state index in [1.54, 1.807) is 36.5 Å². The van der Waals surface area contributed by atoms with Crippen LogP contribution in [0.3, 0.4) is 0 Å². The molecule has 3 aromatic rings. The van der Waals surface area contributed by atoms with Gasteiger partial charge in [-0.1, -0.05) is 30.3 Å². The van der Waals surface area contributed by atoms with Crippen molar-refractivity contribution in [3.63, 3.8) is 0 Å². The maximum Gasteiger partial charge on any atom is 0.337 e. The van der Waals surface area contributed by atoms with E-state index in [0.717, 1.165) is 12.2 Å². The molecular weight excluding hydrogens is 354 g/mol. The molecule has 0 aliphatic carbocycles. The Morgan fingerprint density at radius 1 is 1.04 bits per heavy atom. The summed E-state index contributed by atoms with van der Waals surface area (Å²) >= 11 is 0. The second kappa shape index (κ2) is 8.81. The van der Waals surface area contributed by atoms with E-state index in [4.69, 9.17) is 0 Å². The number of hydrogen-bond donors (Lipinski definition) is 1. The fourth-order valence-electron chi connectivity index (χ4n) is 2.73. The number of pyridine rings is 1. The fraction of sp³-hybridized carbons (Fsp3) is 0.136. The van der Waals surface area contributed by atoms with E-state index in [0.29, 0.717) is 16.9 Å². The number of esters is 1. The summed E-state index contributed by atoms with van der Waals surface area (Å²) in [6.45, 7) is 0.723. The molecule has 0 fully saturated rings. The van der Waals surface area contributed by atoms with Crippen LogP contribution in [0, 0.1) is 0 Å². The van der Waals surface area contributed by atoms with E-state index in [1.165, 1.54) is 12.7 Å². The number of hydrogen-bond acceptors (Lipinski definition) is 5. The van der Waals surface area contributed by atoms with E-state index >= 15 is 0 Å². The Morgan fingerprint density at radius 3 is 2.43 bits per heavy atom. The van der Waals surface area contributed by atoms with E-state index in [2.05, 4.69) is 32.1 Å². The molecule has 0 saturated carbocycles. The van der Waals surface area contributed by atoms with Crippen LogP contribution in [-0.4, -0.2) is 31.0 Å². The molecule has 0 aliphatic heterocycles. The summed E-state index contributed by atoms with van der Waals surface area (Å²) in [6.07, 6.45) is 1.62. The molecule has 0 atom stereocenters. The van der Waals surface area contributed by atoms with Crippen LogP contribution in [0.15, 0.2) is 72.9 Å². The van der Waals surface area contributed by atoms with Gasteiger partial charge in [0.05, 0.1) is 12.7 Å². The molecule has 142 valence electrons. The smallest absolute Gasteiger partial charge is 0.337 e. The standard InChI is InChI=1S/C22H21N3O3/c1-25(15-16-6-4-3-5-7-16)19-12-13-23-20(14-19)21(26)24-18-10-8-17(9-11-18)22(27)28-2/h3-14H,15H2,1-2H3,(H,24,26). The summed E-state index contributed by atoms with van der Waals surface area (Å²) in [7, 11) is 3.29. The SMILES string of the molecule is COC(=O)c1ccc(NC(=O)c2cc(N(C)Cc3ccccc3)ccn2)cc1. The number of benzene rings is 2. The van der Waals surface area contributed by atoms with Crippen molar-refractivity contribution in [1.82, 2.24) is 4.98 Å². The number of methoxy groups -OCH3 is 1. The third-order valence-electron chi connectivity index (χ3n) is 4.24. The summed E-state index contributed by atoms with van der Waals surface area (Å²) < 4.78 is 4.66. The first-order valence-corrected chi connectivity index (χ1v) is 8.77. The van der Waals surface area contributed by atoms with Crippen molar-refractivity contribution < 1.29 is 14.3 Å².